The zero-order chi connectivity index (χ0) is 25.1. The average molecular weight is 489 g/mol. The summed E-state index contributed by atoms with van der Waals surface area (Å²) >= 11 is 0. The van der Waals surface area contributed by atoms with Gasteiger partial charge in [-0.15, -0.1) is 0 Å². The van der Waals surface area contributed by atoms with Gasteiger partial charge in [-0.1, -0.05) is 12.1 Å². The number of anilines is 2. The number of carbonyl (C=O) groups is 1. The summed E-state index contributed by atoms with van der Waals surface area (Å²) in [6, 6.07) is 14.3. The lowest BCUT2D eigenvalue weighted by molar-refractivity contribution is 0.130. The fraction of sp³-hybridized carbons (Fsp3) is 0.370. The third kappa shape index (κ3) is 5.00. The number of hydrogen-bond acceptors (Lipinski definition) is 6. The topological polar surface area (TPSA) is 120 Å². The SMILES string of the molecule is CC(C)OC(=O)Nc1ccc(-c2c(N)c3ccc(OCCCc4ncn[nH]4)cc3n2C2CCC2)cc1. The fourth-order valence-electron chi connectivity index (χ4n) is 4.58. The second-order valence-corrected chi connectivity index (χ2v) is 9.44. The number of carbonyl (C=O) groups excluding carboxylic acids is 1. The smallest absolute Gasteiger partial charge is 0.411 e. The number of aromatic amines is 1. The van der Waals surface area contributed by atoms with E-state index < -0.39 is 6.09 Å². The summed E-state index contributed by atoms with van der Waals surface area (Å²) in [4.78, 5) is 16.1. The molecule has 1 amide bonds. The van der Waals surface area contributed by atoms with E-state index in [9.17, 15) is 4.79 Å². The maximum Gasteiger partial charge on any atom is 0.411 e. The van der Waals surface area contributed by atoms with E-state index in [-0.39, 0.29) is 6.10 Å². The summed E-state index contributed by atoms with van der Waals surface area (Å²) < 4.78 is 13.6. The van der Waals surface area contributed by atoms with Crippen LogP contribution in [0.4, 0.5) is 16.2 Å². The molecular formula is C27H32N6O3. The molecule has 2 aromatic heterocycles. The Morgan fingerprint density at radius 1 is 1.22 bits per heavy atom. The molecule has 0 saturated heterocycles. The number of H-pyrrole nitrogens is 1. The molecule has 1 aliphatic carbocycles. The summed E-state index contributed by atoms with van der Waals surface area (Å²) in [6.45, 7) is 4.23. The normalized spacial score (nSPS) is 13.6. The molecule has 4 aromatic rings. The lowest BCUT2D eigenvalue weighted by Gasteiger charge is -2.30. The first-order chi connectivity index (χ1) is 17.5. The van der Waals surface area contributed by atoms with Gasteiger partial charge in [0.05, 0.1) is 29.6 Å². The first kappa shape index (κ1) is 23.7. The highest BCUT2D eigenvalue weighted by Crippen LogP contribution is 2.44. The first-order valence-corrected chi connectivity index (χ1v) is 12.5. The van der Waals surface area contributed by atoms with Crippen molar-refractivity contribution in [3.05, 3.63) is 54.6 Å². The Balaban J connectivity index is 1.39. The van der Waals surface area contributed by atoms with Crippen LogP contribution in [0.2, 0.25) is 0 Å². The minimum atomic E-state index is -0.464. The molecule has 0 unspecified atom stereocenters. The molecule has 9 nitrogen and oxygen atoms in total. The van der Waals surface area contributed by atoms with Gasteiger partial charge >= 0.3 is 6.09 Å². The molecule has 0 radical (unpaired) electrons. The van der Waals surface area contributed by atoms with Crippen molar-refractivity contribution in [1.82, 2.24) is 19.7 Å². The van der Waals surface area contributed by atoms with Crippen molar-refractivity contribution < 1.29 is 14.3 Å². The Labute approximate surface area is 210 Å². The van der Waals surface area contributed by atoms with Crippen molar-refractivity contribution in [3.8, 4) is 17.0 Å². The third-order valence-corrected chi connectivity index (χ3v) is 6.49. The number of nitrogens with one attached hydrogen (secondary N) is 2. The fourth-order valence-corrected chi connectivity index (χ4v) is 4.58. The number of benzene rings is 2. The monoisotopic (exact) mass is 488 g/mol. The van der Waals surface area contributed by atoms with Gasteiger partial charge in [0.1, 0.15) is 17.9 Å². The highest BCUT2D eigenvalue weighted by atomic mass is 16.6. The Kier molecular flexibility index (Phi) is 6.79. The van der Waals surface area contributed by atoms with Gasteiger partial charge in [0.15, 0.2) is 0 Å². The van der Waals surface area contributed by atoms with Crippen molar-refractivity contribution in [1.29, 1.82) is 0 Å². The molecule has 9 heteroatoms. The molecule has 5 rings (SSSR count). The van der Waals surface area contributed by atoms with Crippen LogP contribution in [0.5, 0.6) is 5.75 Å². The quantitative estimate of drug-likeness (QED) is 0.260. The Morgan fingerprint density at radius 2 is 2.03 bits per heavy atom. The lowest BCUT2D eigenvalue weighted by atomic mass is 9.92. The van der Waals surface area contributed by atoms with Crippen LogP contribution in [0.1, 0.15) is 51.4 Å². The molecule has 188 valence electrons. The number of fused-ring (bicyclic) bond motifs is 1. The van der Waals surface area contributed by atoms with E-state index in [1.807, 2.05) is 50.2 Å². The summed E-state index contributed by atoms with van der Waals surface area (Å²) in [5, 5.41) is 10.5. The largest absolute Gasteiger partial charge is 0.494 e. The molecule has 1 fully saturated rings. The van der Waals surface area contributed by atoms with Gasteiger partial charge < -0.3 is 19.8 Å². The molecule has 36 heavy (non-hydrogen) atoms. The zero-order valence-corrected chi connectivity index (χ0v) is 20.7. The van der Waals surface area contributed by atoms with Crippen molar-refractivity contribution in [2.45, 2.75) is 58.1 Å². The van der Waals surface area contributed by atoms with Gasteiger partial charge in [-0.3, -0.25) is 10.4 Å². The van der Waals surface area contributed by atoms with Gasteiger partial charge in [0.2, 0.25) is 0 Å². The van der Waals surface area contributed by atoms with E-state index in [0.29, 0.717) is 18.3 Å². The maximum atomic E-state index is 11.9. The number of nitrogens with zero attached hydrogens (tertiary/aromatic N) is 3. The van der Waals surface area contributed by atoms with Crippen LogP contribution in [0.3, 0.4) is 0 Å². The molecular weight excluding hydrogens is 456 g/mol. The maximum absolute atomic E-state index is 11.9. The first-order valence-electron chi connectivity index (χ1n) is 12.5. The van der Waals surface area contributed by atoms with Crippen LogP contribution in [0, 0.1) is 0 Å². The molecule has 0 bridgehead atoms. The van der Waals surface area contributed by atoms with Crippen LogP contribution >= 0.6 is 0 Å². The van der Waals surface area contributed by atoms with E-state index >= 15 is 0 Å². The molecule has 0 aliphatic heterocycles. The van der Waals surface area contributed by atoms with Crippen LogP contribution in [-0.2, 0) is 11.2 Å². The number of aromatic nitrogens is 4. The Hall–Kier alpha value is -4.01. The molecule has 1 saturated carbocycles. The average Bonchev–Trinajstić information content (AvgIpc) is 3.43. The van der Waals surface area contributed by atoms with E-state index in [0.717, 1.165) is 65.1 Å². The number of nitrogens with two attached hydrogens (primary N) is 1. The van der Waals surface area contributed by atoms with Crippen LogP contribution in [-0.4, -0.2) is 38.6 Å². The highest BCUT2D eigenvalue weighted by Gasteiger charge is 2.27. The van der Waals surface area contributed by atoms with E-state index in [1.165, 1.54) is 12.7 Å². The number of aryl methyl sites for hydroxylation is 1. The second kappa shape index (κ2) is 10.3. The zero-order valence-electron chi connectivity index (χ0n) is 20.7. The standard InChI is InChI=1S/C27H32N6O3/c1-17(2)36-27(34)31-19-10-8-18(9-11-19)26-25(28)22-13-12-21(15-23(22)33(26)20-5-3-6-20)35-14-4-7-24-29-16-30-32-24/h8-13,15-17,20H,3-7,14,28H2,1-2H3,(H,31,34)(H,29,30,32). The summed E-state index contributed by atoms with van der Waals surface area (Å²) in [5.41, 5.74) is 11.3. The number of nitrogen functional groups attached to an aromatic ring is 1. The van der Waals surface area contributed by atoms with E-state index in [4.69, 9.17) is 15.2 Å². The van der Waals surface area contributed by atoms with Gasteiger partial charge in [-0.05, 0) is 63.8 Å². The molecule has 2 aromatic carbocycles. The number of ether oxygens (including phenoxy) is 2. The van der Waals surface area contributed by atoms with Gasteiger partial charge in [0.25, 0.3) is 0 Å². The summed E-state index contributed by atoms with van der Waals surface area (Å²) in [6.07, 6.45) is 5.97. The Bertz CT molecular complexity index is 1320. The van der Waals surface area contributed by atoms with Crippen molar-refractivity contribution in [2.75, 3.05) is 17.7 Å². The predicted molar refractivity (Wildman–Crippen MR) is 140 cm³/mol. The minimum Gasteiger partial charge on any atom is -0.494 e. The predicted octanol–water partition coefficient (Wildman–Crippen LogP) is 5.70. The number of rotatable bonds is 9. The van der Waals surface area contributed by atoms with E-state index in [1.54, 1.807) is 0 Å². The second-order valence-electron chi connectivity index (χ2n) is 9.44. The van der Waals surface area contributed by atoms with Crippen LogP contribution < -0.4 is 15.8 Å². The van der Waals surface area contributed by atoms with Gasteiger partial charge in [0, 0.05) is 35.2 Å². The minimum absolute atomic E-state index is 0.176. The molecule has 2 heterocycles. The van der Waals surface area contributed by atoms with Gasteiger partial charge in [-0.2, -0.15) is 5.10 Å². The van der Waals surface area contributed by atoms with Crippen molar-refractivity contribution >= 4 is 28.4 Å². The number of amides is 1. The highest BCUT2D eigenvalue weighted by molar-refractivity contribution is 6.01. The Morgan fingerprint density at radius 3 is 2.69 bits per heavy atom. The van der Waals surface area contributed by atoms with E-state index in [2.05, 4.69) is 31.1 Å². The molecule has 0 atom stereocenters. The van der Waals surface area contributed by atoms with Crippen LogP contribution in [0.15, 0.2) is 48.8 Å². The molecule has 0 spiro atoms. The summed E-state index contributed by atoms with van der Waals surface area (Å²) in [5.74, 6) is 1.69. The van der Waals surface area contributed by atoms with Gasteiger partial charge in [-0.25, -0.2) is 9.78 Å². The lowest BCUT2D eigenvalue weighted by Crippen LogP contribution is -2.18. The number of hydrogen-bond donors (Lipinski definition) is 3. The third-order valence-electron chi connectivity index (χ3n) is 6.49. The van der Waals surface area contributed by atoms with Crippen LogP contribution in [0.25, 0.3) is 22.2 Å². The molecule has 4 N–H and O–H groups in total. The molecule has 1 aliphatic rings. The van der Waals surface area contributed by atoms with Crippen molar-refractivity contribution in [2.24, 2.45) is 0 Å². The van der Waals surface area contributed by atoms with Crippen molar-refractivity contribution in [3.63, 3.8) is 0 Å². The summed E-state index contributed by atoms with van der Waals surface area (Å²) in [7, 11) is 0.